The number of aromatic nitrogens is 4. The lowest BCUT2D eigenvalue weighted by atomic mass is 10.2. The maximum atomic E-state index is 4.96. The van der Waals surface area contributed by atoms with Crippen molar-refractivity contribution in [3.63, 3.8) is 0 Å². The average molecular weight is 273 g/mol. The number of nitrogens with one attached hydrogen (secondary N) is 1. The fourth-order valence-electron chi connectivity index (χ4n) is 1.31. The molecule has 1 aromatic heterocycles. The van der Waals surface area contributed by atoms with Crippen molar-refractivity contribution in [1.82, 2.24) is 25.5 Å². The third-order valence-corrected chi connectivity index (χ3v) is 3.40. The van der Waals surface area contributed by atoms with Gasteiger partial charge in [-0.25, -0.2) is 4.68 Å². The molecule has 1 heterocycles. The van der Waals surface area contributed by atoms with Gasteiger partial charge in [0.05, 0.1) is 13.2 Å². The molecule has 0 radical (unpaired) electrons. The standard InChI is InChI=1S/C11H23N5OS/c1-10(2)4-9-18-11-13-14-15-16(11)7-5-12-6-8-17-3/h10,12H,4-9H2,1-3H3. The summed E-state index contributed by atoms with van der Waals surface area (Å²) in [5.41, 5.74) is 0. The number of thioether (sulfide) groups is 1. The SMILES string of the molecule is COCCNCCn1nnnc1SCCC(C)C. The third kappa shape index (κ3) is 6.32. The minimum absolute atomic E-state index is 0.720. The second-order valence-electron chi connectivity index (χ2n) is 4.46. The Labute approximate surface area is 113 Å². The molecule has 0 saturated heterocycles. The minimum atomic E-state index is 0.720. The maximum Gasteiger partial charge on any atom is 0.209 e. The van der Waals surface area contributed by atoms with Gasteiger partial charge in [-0.2, -0.15) is 0 Å². The molecule has 0 saturated carbocycles. The van der Waals surface area contributed by atoms with Crippen LogP contribution in [0.15, 0.2) is 5.16 Å². The Morgan fingerprint density at radius 2 is 2.22 bits per heavy atom. The topological polar surface area (TPSA) is 64.9 Å². The van der Waals surface area contributed by atoms with E-state index in [1.54, 1.807) is 18.9 Å². The van der Waals surface area contributed by atoms with Gasteiger partial charge in [-0.1, -0.05) is 25.6 Å². The van der Waals surface area contributed by atoms with Crippen molar-refractivity contribution in [2.75, 3.05) is 32.6 Å². The van der Waals surface area contributed by atoms with E-state index in [1.807, 2.05) is 4.68 Å². The van der Waals surface area contributed by atoms with Gasteiger partial charge in [0.2, 0.25) is 5.16 Å². The van der Waals surface area contributed by atoms with Crippen LogP contribution in [0.25, 0.3) is 0 Å². The van der Waals surface area contributed by atoms with Crippen LogP contribution in [0.2, 0.25) is 0 Å². The number of methoxy groups -OCH3 is 1. The lowest BCUT2D eigenvalue weighted by Gasteiger charge is -2.06. The molecule has 1 aromatic rings. The third-order valence-electron chi connectivity index (χ3n) is 2.41. The Balaban J connectivity index is 2.22. The van der Waals surface area contributed by atoms with Crippen molar-refractivity contribution >= 4 is 11.8 Å². The van der Waals surface area contributed by atoms with Crippen LogP contribution < -0.4 is 5.32 Å². The molecule has 0 aliphatic rings. The number of nitrogens with zero attached hydrogens (tertiary/aromatic N) is 4. The van der Waals surface area contributed by atoms with Crippen LogP contribution in [0.4, 0.5) is 0 Å². The zero-order valence-corrected chi connectivity index (χ0v) is 12.2. The van der Waals surface area contributed by atoms with Crippen molar-refractivity contribution in [2.24, 2.45) is 5.92 Å². The van der Waals surface area contributed by atoms with Crippen LogP contribution in [0.3, 0.4) is 0 Å². The van der Waals surface area contributed by atoms with Crippen molar-refractivity contribution in [1.29, 1.82) is 0 Å². The zero-order chi connectivity index (χ0) is 13.2. The van der Waals surface area contributed by atoms with Crippen LogP contribution in [0.5, 0.6) is 0 Å². The summed E-state index contributed by atoms with van der Waals surface area (Å²) in [5, 5.41) is 15.9. The average Bonchev–Trinajstić information content (AvgIpc) is 2.76. The fraction of sp³-hybridized carbons (Fsp3) is 0.909. The molecule has 6 nitrogen and oxygen atoms in total. The highest BCUT2D eigenvalue weighted by atomic mass is 32.2. The first-order chi connectivity index (χ1) is 8.74. The quantitative estimate of drug-likeness (QED) is 0.508. The first kappa shape index (κ1) is 15.4. The van der Waals surface area contributed by atoms with Crippen LogP contribution in [-0.2, 0) is 11.3 Å². The molecule has 0 aliphatic carbocycles. The summed E-state index contributed by atoms with van der Waals surface area (Å²) in [6.45, 7) is 7.68. The van der Waals surface area contributed by atoms with E-state index in [0.29, 0.717) is 0 Å². The molecule has 0 bridgehead atoms. The van der Waals surface area contributed by atoms with E-state index in [4.69, 9.17) is 4.74 Å². The summed E-state index contributed by atoms with van der Waals surface area (Å²) in [4.78, 5) is 0. The number of rotatable bonds is 10. The van der Waals surface area contributed by atoms with Gasteiger partial charge in [-0.3, -0.25) is 0 Å². The van der Waals surface area contributed by atoms with E-state index in [1.165, 1.54) is 6.42 Å². The number of tetrazole rings is 1. The molecule has 0 amide bonds. The molecule has 18 heavy (non-hydrogen) atoms. The van der Waals surface area contributed by atoms with Gasteiger partial charge in [0.1, 0.15) is 0 Å². The Kier molecular flexibility index (Phi) is 7.95. The molecule has 0 unspecified atom stereocenters. The first-order valence-electron chi connectivity index (χ1n) is 6.32. The van der Waals surface area contributed by atoms with Gasteiger partial charge < -0.3 is 10.1 Å². The normalized spacial score (nSPS) is 11.3. The molecule has 1 N–H and O–H groups in total. The monoisotopic (exact) mass is 273 g/mol. The fourth-order valence-corrected chi connectivity index (χ4v) is 2.45. The molecule has 0 aromatic carbocycles. The van der Waals surface area contributed by atoms with Crippen molar-refractivity contribution in [3.05, 3.63) is 0 Å². The molecule has 0 aliphatic heterocycles. The second-order valence-corrected chi connectivity index (χ2v) is 5.52. The van der Waals surface area contributed by atoms with Crippen molar-refractivity contribution in [3.8, 4) is 0 Å². The van der Waals surface area contributed by atoms with Crippen LogP contribution in [0, 0.1) is 5.92 Å². The molecule has 7 heteroatoms. The smallest absolute Gasteiger partial charge is 0.209 e. The summed E-state index contributed by atoms with van der Waals surface area (Å²) < 4.78 is 6.82. The largest absolute Gasteiger partial charge is 0.383 e. The molecule has 0 spiro atoms. The van der Waals surface area contributed by atoms with Gasteiger partial charge in [0.15, 0.2) is 0 Å². The number of hydrogen-bond acceptors (Lipinski definition) is 6. The number of ether oxygens (including phenoxy) is 1. The summed E-state index contributed by atoms with van der Waals surface area (Å²) in [5.74, 6) is 1.78. The van der Waals surface area contributed by atoms with Gasteiger partial charge in [0.25, 0.3) is 0 Å². The molecule has 104 valence electrons. The van der Waals surface area contributed by atoms with Gasteiger partial charge in [-0.05, 0) is 22.8 Å². The second kappa shape index (κ2) is 9.29. The highest BCUT2D eigenvalue weighted by Gasteiger charge is 2.06. The van der Waals surface area contributed by atoms with Crippen LogP contribution in [-0.4, -0.2) is 52.8 Å². The minimum Gasteiger partial charge on any atom is -0.383 e. The predicted octanol–water partition coefficient (Wildman–Crippen LogP) is 1.05. The molecule has 0 atom stereocenters. The van der Waals surface area contributed by atoms with Crippen molar-refractivity contribution < 1.29 is 4.74 Å². The zero-order valence-electron chi connectivity index (χ0n) is 11.4. The van der Waals surface area contributed by atoms with E-state index < -0.39 is 0 Å². The van der Waals surface area contributed by atoms with Crippen molar-refractivity contribution in [2.45, 2.75) is 32.0 Å². The van der Waals surface area contributed by atoms with E-state index >= 15 is 0 Å². The highest BCUT2D eigenvalue weighted by Crippen LogP contribution is 2.16. The van der Waals surface area contributed by atoms with E-state index in [9.17, 15) is 0 Å². The lowest BCUT2D eigenvalue weighted by Crippen LogP contribution is -2.24. The summed E-state index contributed by atoms with van der Waals surface area (Å²) in [6, 6.07) is 0. The van der Waals surface area contributed by atoms with E-state index in [-0.39, 0.29) is 0 Å². The highest BCUT2D eigenvalue weighted by molar-refractivity contribution is 7.99. The van der Waals surface area contributed by atoms with E-state index in [2.05, 4.69) is 34.7 Å². The lowest BCUT2D eigenvalue weighted by molar-refractivity contribution is 0.199. The Hall–Kier alpha value is -0.660. The number of hydrogen-bond donors (Lipinski definition) is 1. The Morgan fingerprint density at radius 1 is 1.39 bits per heavy atom. The maximum absolute atomic E-state index is 4.96. The Morgan fingerprint density at radius 3 is 2.94 bits per heavy atom. The predicted molar refractivity (Wildman–Crippen MR) is 72.7 cm³/mol. The molecular weight excluding hydrogens is 250 g/mol. The van der Waals surface area contributed by atoms with Gasteiger partial charge >= 0.3 is 0 Å². The van der Waals surface area contributed by atoms with Crippen LogP contribution >= 0.6 is 11.8 Å². The van der Waals surface area contributed by atoms with Gasteiger partial charge in [-0.15, -0.1) is 5.10 Å². The molecule has 1 rings (SSSR count). The molecular formula is C11H23N5OS. The van der Waals surface area contributed by atoms with Gasteiger partial charge in [0, 0.05) is 26.0 Å². The van der Waals surface area contributed by atoms with E-state index in [0.717, 1.165) is 43.1 Å². The Bertz CT molecular complexity index is 318. The first-order valence-corrected chi connectivity index (χ1v) is 7.31. The summed E-state index contributed by atoms with van der Waals surface area (Å²) in [6.07, 6.45) is 1.18. The molecule has 0 fully saturated rings. The van der Waals surface area contributed by atoms with Crippen LogP contribution in [0.1, 0.15) is 20.3 Å². The summed E-state index contributed by atoms with van der Waals surface area (Å²) in [7, 11) is 1.70. The summed E-state index contributed by atoms with van der Waals surface area (Å²) >= 11 is 1.72.